The van der Waals surface area contributed by atoms with Crippen LogP contribution in [0.15, 0.2) is 36.0 Å². The van der Waals surface area contributed by atoms with E-state index in [9.17, 15) is 9.59 Å². The molecule has 0 radical (unpaired) electrons. The Morgan fingerprint density at radius 1 is 1.43 bits per heavy atom. The molecule has 1 amide bonds. The number of esters is 1. The Labute approximate surface area is 123 Å². The van der Waals surface area contributed by atoms with Gasteiger partial charge in [0.2, 0.25) is 5.91 Å². The first-order valence-electron chi connectivity index (χ1n) is 7.21. The fourth-order valence-electron chi connectivity index (χ4n) is 3.00. The van der Waals surface area contributed by atoms with Gasteiger partial charge in [-0.25, -0.2) is 4.79 Å². The van der Waals surface area contributed by atoms with Crippen molar-refractivity contribution in [2.75, 3.05) is 19.7 Å². The van der Waals surface area contributed by atoms with Gasteiger partial charge >= 0.3 is 5.97 Å². The molecule has 2 aliphatic rings. The van der Waals surface area contributed by atoms with Crippen molar-refractivity contribution in [3.8, 4) is 0 Å². The van der Waals surface area contributed by atoms with Crippen LogP contribution >= 0.6 is 0 Å². The van der Waals surface area contributed by atoms with Gasteiger partial charge in [-0.1, -0.05) is 24.3 Å². The summed E-state index contributed by atoms with van der Waals surface area (Å²) in [6, 6.07) is 8.16. The number of fused-ring (bicyclic) bond motifs is 3. The zero-order chi connectivity index (χ0) is 14.8. The highest BCUT2D eigenvalue weighted by molar-refractivity contribution is 5.98. The van der Waals surface area contributed by atoms with Gasteiger partial charge in [-0.2, -0.15) is 0 Å². The lowest BCUT2D eigenvalue weighted by molar-refractivity contribution is -0.141. The van der Waals surface area contributed by atoms with Crippen LogP contribution in [0.2, 0.25) is 0 Å². The predicted molar refractivity (Wildman–Crippen MR) is 77.3 cm³/mol. The summed E-state index contributed by atoms with van der Waals surface area (Å²) in [6.07, 6.45) is 2.21. The fourth-order valence-corrected chi connectivity index (χ4v) is 3.00. The van der Waals surface area contributed by atoms with E-state index in [0.29, 0.717) is 25.4 Å². The van der Waals surface area contributed by atoms with Crippen molar-refractivity contribution in [2.45, 2.75) is 19.4 Å². The van der Waals surface area contributed by atoms with E-state index in [1.807, 2.05) is 17.0 Å². The number of nitrogens with zero attached hydrogens (tertiary/aromatic N) is 1. The maximum Gasteiger partial charge on any atom is 0.354 e. The van der Waals surface area contributed by atoms with Crippen LogP contribution in [0.1, 0.15) is 24.1 Å². The van der Waals surface area contributed by atoms with Crippen LogP contribution in [0.25, 0.3) is 0 Å². The summed E-state index contributed by atoms with van der Waals surface area (Å²) in [7, 11) is 0. The molecule has 0 fully saturated rings. The summed E-state index contributed by atoms with van der Waals surface area (Å²) in [4.78, 5) is 26.0. The van der Waals surface area contributed by atoms with Gasteiger partial charge in [-0.05, 0) is 24.5 Å². The largest absolute Gasteiger partial charge is 0.461 e. The quantitative estimate of drug-likeness (QED) is 0.829. The van der Waals surface area contributed by atoms with Crippen molar-refractivity contribution in [3.63, 3.8) is 0 Å². The highest BCUT2D eigenvalue weighted by atomic mass is 16.5. The van der Waals surface area contributed by atoms with E-state index in [4.69, 9.17) is 4.74 Å². The van der Waals surface area contributed by atoms with Gasteiger partial charge in [0.15, 0.2) is 0 Å². The lowest BCUT2D eigenvalue weighted by Crippen LogP contribution is -2.40. The van der Waals surface area contributed by atoms with E-state index < -0.39 is 5.97 Å². The fraction of sp³-hybridized carbons (Fsp3) is 0.375. The number of amides is 1. The minimum absolute atomic E-state index is 0.0166. The van der Waals surface area contributed by atoms with Crippen molar-refractivity contribution < 1.29 is 14.3 Å². The van der Waals surface area contributed by atoms with Gasteiger partial charge in [-0.15, -0.1) is 0 Å². The molecule has 5 nitrogen and oxygen atoms in total. The predicted octanol–water partition coefficient (Wildman–Crippen LogP) is 1.16. The lowest BCUT2D eigenvalue weighted by Gasteiger charge is -2.38. The molecule has 2 aliphatic heterocycles. The van der Waals surface area contributed by atoms with Gasteiger partial charge in [-0.3, -0.25) is 4.79 Å². The van der Waals surface area contributed by atoms with Crippen LogP contribution in [-0.4, -0.2) is 36.5 Å². The Morgan fingerprint density at radius 2 is 2.24 bits per heavy atom. The molecule has 0 aromatic heterocycles. The van der Waals surface area contributed by atoms with Gasteiger partial charge in [0.25, 0.3) is 0 Å². The molecule has 1 N–H and O–H groups in total. The SMILES string of the molecule is CCOC(=O)C1=CC(=O)NCC2c3ccccc3CCN12. The van der Waals surface area contributed by atoms with E-state index in [0.717, 1.165) is 6.42 Å². The number of benzene rings is 1. The maximum atomic E-state index is 12.2. The third-order valence-electron chi connectivity index (χ3n) is 3.94. The molecule has 0 saturated carbocycles. The molecule has 21 heavy (non-hydrogen) atoms. The van der Waals surface area contributed by atoms with Gasteiger partial charge in [0, 0.05) is 19.2 Å². The lowest BCUT2D eigenvalue weighted by atomic mass is 9.92. The number of carbonyl (C=O) groups excluding carboxylic acids is 2. The number of hydrogen-bond acceptors (Lipinski definition) is 4. The van der Waals surface area contributed by atoms with E-state index in [2.05, 4.69) is 17.4 Å². The van der Waals surface area contributed by atoms with Crippen LogP contribution < -0.4 is 5.32 Å². The summed E-state index contributed by atoms with van der Waals surface area (Å²) in [5.74, 6) is -0.677. The first-order valence-corrected chi connectivity index (χ1v) is 7.21. The molecule has 1 aromatic rings. The second-order valence-corrected chi connectivity index (χ2v) is 5.15. The van der Waals surface area contributed by atoms with Crippen LogP contribution in [0.3, 0.4) is 0 Å². The monoisotopic (exact) mass is 286 g/mol. The van der Waals surface area contributed by atoms with Crippen molar-refractivity contribution in [2.24, 2.45) is 0 Å². The molecule has 1 atom stereocenters. The standard InChI is InChI=1S/C16H18N2O3/c1-2-21-16(20)13-9-15(19)17-10-14-12-6-4-3-5-11(12)7-8-18(13)14/h3-6,9,14H,2,7-8,10H2,1H3,(H,17,19). The summed E-state index contributed by atoms with van der Waals surface area (Å²) in [5.41, 5.74) is 2.80. The molecule has 0 saturated heterocycles. The smallest absolute Gasteiger partial charge is 0.354 e. The zero-order valence-corrected chi connectivity index (χ0v) is 12.0. The maximum absolute atomic E-state index is 12.2. The van der Waals surface area contributed by atoms with Crippen LogP contribution in [0, 0.1) is 0 Å². The van der Waals surface area contributed by atoms with Crippen LogP contribution in [-0.2, 0) is 20.7 Å². The highest BCUT2D eigenvalue weighted by Gasteiger charge is 2.34. The van der Waals surface area contributed by atoms with Crippen molar-refractivity contribution >= 4 is 11.9 Å². The van der Waals surface area contributed by atoms with E-state index in [-0.39, 0.29) is 11.9 Å². The molecule has 0 bridgehead atoms. The minimum atomic E-state index is -0.432. The van der Waals surface area contributed by atoms with Crippen molar-refractivity contribution in [3.05, 3.63) is 47.2 Å². The Balaban J connectivity index is 1.99. The van der Waals surface area contributed by atoms with Crippen molar-refractivity contribution in [1.29, 1.82) is 0 Å². The molecule has 0 spiro atoms. The Bertz CT molecular complexity index is 609. The van der Waals surface area contributed by atoms with E-state index in [1.54, 1.807) is 6.92 Å². The molecule has 110 valence electrons. The Kier molecular flexibility index (Phi) is 3.64. The Morgan fingerprint density at radius 3 is 3.05 bits per heavy atom. The summed E-state index contributed by atoms with van der Waals surface area (Å²) in [6.45, 7) is 3.27. The molecule has 1 unspecified atom stereocenters. The normalized spacial score (nSPS) is 20.6. The van der Waals surface area contributed by atoms with Crippen molar-refractivity contribution in [1.82, 2.24) is 10.2 Å². The van der Waals surface area contributed by atoms with Crippen LogP contribution in [0.4, 0.5) is 0 Å². The number of nitrogens with one attached hydrogen (secondary N) is 1. The third-order valence-corrected chi connectivity index (χ3v) is 3.94. The average molecular weight is 286 g/mol. The second-order valence-electron chi connectivity index (χ2n) is 5.15. The summed E-state index contributed by atoms with van der Waals surface area (Å²) in [5, 5.41) is 2.85. The first-order chi connectivity index (χ1) is 10.2. The number of hydrogen-bond donors (Lipinski definition) is 1. The van der Waals surface area contributed by atoms with Crippen LogP contribution in [0.5, 0.6) is 0 Å². The molecule has 2 heterocycles. The average Bonchev–Trinajstić information content (AvgIpc) is 2.67. The summed E-state index contributed by atoms with van der Waals surface area (Å²) >= 11 is 0. The van der Waals surface area contributed by atoms with E-state index in [1.165, 1.54) is 17.2 Å². The molecule has 3 rings (SSSR count). The molecular weight excluding hydrogens is 268 g/mol. The molecular formula is C16H18N2O3. The highest BCUT2D eigenvalue weighted by Crippen LogP contribution is 2.33. The second kappa shape index (κ2) is 5.60. The van der Waals surface area contributed by atoms with Gasteiger partial charge < -0.3 is 15.0 Å². The summed E-state index contributed by atoms with van der Waals surface area (Å²) < 4.78 is 5.09. The topological polar surface area (TPSA) is 58.6 Å². The number of rotatable bonds is 2. The number of ether oxygens (including phenoxy) is 1. The zero-order valence-electron chi connectivity index (χ0n) is 12.0. The number of carbonyl (C=O) groups is 2. The van der Waals surface area contributed by atoms with Gasteiger partial charge in [0.1, 0.15) is 5.70 Å². The third kappa shape index (κ3) is 2.51. The molecule has 0 aliphatic carbocycles. The minimum Gasteiger partial charge on any atom is -0.461 e. The molecule has 5 heteroatoms. The van der Waals surface area contributed by atoms with E-state index >= 15 is 0 Å². The first kappa shape index (κ1) is 13.7. The Hall–Kier alpha value is -2.30. The van der Waals surface area contributed by atoms with Gasteiger partial charge in [0.05, 0.1) is 12.6 Å². The molecule has 1 aromatic carbocycles.